The minimum atomic E-state index is -0.463. The molecule has 1 fully saturated rings. The number of halogens is 1. The lowest BCUT2D eigenvalue weighted by Crippen LogP contribution is -2.48. The van der Waals surface area contributed by atoms with Crippen molar-refractivity contribution in [2.24, 2.45) is 7.05 Å². The van der Waals surface area contributed by atoms with Gasteiger partial charge in [0.25, 0.3) is 0 Å². The van der Waals surface area contributed by atoms with Crippen LogP contribution < -0.4 is 4.90 Å². The van der Waals surface area contributed by atoms with Crippen LogP contribution in [0.15, 0.2) is 12.4 Å². The van der Waals surface area contributed by atoms with Crippen LogP contribution in [0.2, 0.25) is 5.15 Å². The molecule has 0 bridgehead atoms. The van der Waals surface area contributed by atoms with Crippen molar-refractivity contribution >= 4 is 28.1 Å². The summed E-state index contributed by atoms with van der Waals surface area (Å²) < 4.78 is 11.8. The third kappa shape index (κ3) is 2.50. The van der Waals surface area contributed by atoms with Crippen LogP contribution in [0.3, 0.4) is 0 Å². The Balaban J connectivity index is 1.91. The summed E-state index contributed by atoms with van der Waals surface area (Å²) in [5.74, 6) is 0. The van der Waals surface area contributed by atoms with Gasteiger partial charge < -0.3 is 9.64 Å². The Labute approximate surface area is 131 Å². The molecule has 0 N–H and O–H groups in total. The van der Waals surface area contributed by atoms with Crippen molar-refractivity contribution in [1.29, 1.82) is 5.26 Å². The first-order chi connectivity index (χ1) is 10.0. The van der Waals surface area contributed by atoms with Crippen LogP contribution in [0.4, 0.5) is 5.00 Å². The van der Waals surface area contributed by atoms with Crippen molar-refractivity contribution in [2.75, 3.05) is 24.6 Å². The molecule has 1 unspecified atom stereocenters. The Kier molecular flexibility index (Phi) is 3.61. The van der Waals surface area contributed by atoms with E-state index < -0.39 is 5.60 Å². The lowest BCUT2D eigenvalue weighted by atomic mass is 9.97. The van der Waals surface area contributed by atoms with Crippen molar-refractivity contribution in [1.82, 2.24) is 14.2 Å². The van der Waals surface area contributed by atoms with Crippen LogP contribution in [0.1, 0.15) is 18.1 Å². The number of nitriles is 1. The Morgan fingerprint density at radius 1 is 1.57 bits per heavy atom. The molecule has 0 aromatic carbocycles. The van der Waals surface area contributed by atoms with Gasteiger partial charge in [0.1, 0.15) is 22.2 Å². The summed E-state index contributed by atoms with van der Waals surface area (Å²) >= 11 is 7.21. The van der Waals surface area contributed by atoms with Gasteiger partial charge in [-0.3, -0.25) is 4.68 Å². The van der Waals surface area contributed by atoms with Crippen LogP contribution in [0, 0.1) is 11.3 Å². The van der Waals surface area contributed by atoms with Gasteiger partial charge in [0.2, 0.25) is 0 Å². The van der Waals surface area contributed by atoms with E-state index in [1.165, 1.54) is 11.5 Å². The predicted molar refractivity (Wildman–Crippen MR) is 80.6 cm³/mol. The molecule has 3 heterocycles. The van der Waals surface area contributed by atoms with E-state index in [1.807, 2.05) is 26.4 Å². The molecule has 0 aliphatic carbocycles. The van der Waals surface area contributed by atoms with Gasteiger partial charge in [0, 0.05) is 25.4 Å². The number of ether oxygens (including phenoxy) is 1. The van der Waals surface area contributed by atoms with Gasteiger partial charge in [-0.05, 0) is 18.5 Å². The fourth-order valence-electron chi connectivity index (χ4n) is 2.48. The Bertz CT molecular complexity index is 706. The maximum atomic E-state index is 9.23. The molecule has 1 saturated heterocycles. The Morgan fingerprint density at radius 3 is 3.05 bits per heavy atom. The highest BCUT2D eigenvalue weighted by Crippen LogP contribution is 2.36. The lowest BCUT2D eigenvalue weighted by molar-refractivity contribution is -0.0464. The van der Waals surface area contributed by atoms with Gasteiger partial charge in [-0.25, -0.2) is 0 Å². The van der Waals surface area contributed by atoms with Crippen molar-refractivity contribution < 1.29 is 4.74 Å². The van der Waals surface area contributed by atoms with Crippen molar-refractivity contribution in [2.45, 2.75) is 12.5 Å². The highest BCUT2D eigenvalue weighted by molar-refractivity contribution is 7.10. The molecule has 2 aromatic heterocycles. The zero-order valence-corrected chi connectivity index (χ0v) is 13.3. The van der Waals surface area contributed by atoms with Crippen LogP contribution >= 0.6 is 23.1 Å². The Morgan fingerprint density at radius 2 is 2.38 bits per heavy atom. The number of aromatic nitrogens is 3. The minimum absolute atomic E-state index is 0.270. The summed E-state index contributed by atoms with van der Waals surface area (Å²) in [6, 6.07) is 2.13. The van der Waals surface area contributed by atoms with E-state index in [0.29, 0.717) is 25.3 Å². The largest absolute Gasteiger partial charge is 0.367 e. The fraction of sp³-hybridized carbons (Fsp3) is 0.462. The van der Waals surface area contributed by atoms with Gasteiger partial charge in [-0.1, -0.05) is 11.6 Å². The molecule has 8 heteroatoms. The normalized spacial score (nSPS) is 22.3. The second kappa shape index (κ2) is 5.30. The second-order valence-electron chi connectivity index (χ2n) is 5.17. The quantitative estimate of drug-likeness (QED) is 0.847. The van der Waals surface area contributed by atoms with E-state index in [9.17, 15) is 5.26 Å². The molecule has 0 spiro atoms. The molecular formula is C13H14ClN5OS. The summed E-state index contributed by atoms with van der Waals surface area (Å²) in [4.78, 5) is 2.11. The smallest absolute Gasteiger partial charge is 0.162 e. The van der Waals surface area contributed by atoms with E-state index in [4.69, 9.17) is 16.3 Å². The molecular weight excluding hydrogens is 310 g/mol. The maximum absolute atomic E-state index is 9.23. The number of aryl methyl sites for hydroxylation is 1. The van der Waals surface area contributed by atoms with E-state index in [0.717, 1.165) is 10.6 Å². The molecule has 110 valence electrons. The molecule has 0 saturated carbocycles. The SMILES string of the molecule is Cn1cc(C2(C)CN(c3snc(Cl)c3C#N)CCO2)cn1. The number of hydrogen-bond acceptors (Lipinski definition) is 6. The third-order valence-corrected chi connectivity index (χ3v) is 4.90. The zero-order valence-electron chi connectivity index (χ0n) is 11.7. The molecule has 6 nitrogen and oxygen atoms in total. The highest BCUT2D eigenvalue weighted by atomic mass is 35.5. The predicted octanol–water partition coefficient (Wildman–Crippen LogP) is 2.15. The van der Waals surface area contributed by atoms with Gasteiger partial charge >= 0.3 is 0 Å². The van der Waals surface area contributed by atoms with Crippen LogP contribution in [-0.4, -0.2) is 33.9 Å². The minimum Gasteiger partial charge on any atom is -0.367 e. The fourth-order valence-corrected chi connectivity index (χ4v) is 3.54. The lowest BCUT2D eigenvalue weighted by Gasteiger charge is -2.40. The third-order valence-electron chi connectivity index (χ3n) is 3.62. The topological polar surface area (TPSA) is 67.0 Å². The Hall–Kier alpha value is -1.62. The zero-order chi connectivity index (χ0) is 15.0. The molecule has 3 rings (SSSR count). The van der Waals surface area contributed by atoms with Crippen LogP contribution in [0.25, 0.3) is 0 Å². The van der Waals surface area contributed by atoms with E-state index in [1.54, 1.807) is 4.68 Å². The first-order valence-corrected chi connectivity index (χ1v) is 7.62. The summed E-state index contributed by atoms with van der Waals surface area (Å²) in [6.07, 6.45) is 3.77. The molecule has 21 heavy (non-hydrogen) atoms. The van der Waals surface area contributed by atoms with Gasteiger partial charge in [0.15, 0.2) is 5.15 Å². The number of rotatable bonds is 2. The maximum Gasteiger partial charge on any atom is 0.162 e. The van der Waals surface area contributed by atoms with Crippen molar-refractivity contribution in [3.63, 3.8) is 0 Å². The summed E-state index contributed by atoms with van der Waals surface area (Å²) in [5, 5.41) is 14.5. The first kappa shape index (κ1) is 14.3. The highest BCUT2D eigenvalue weighted by Gasteiger charge is 2.36. The number of morpholine rings is 1. The van der Waals surface area contributed by atoms with Gasteiger partial charge in [-0.15, -0.1) is 0 Å². The molecule has 1 aliphatic heterocycles. The monoisotopic (exact) mass is 323 g/mol. The van der Waals surface area contributed by atoms with E-state index in [2.05, 4.69) is 20.4 Å². The van der Waals surface area contributed by atoms with Gasteiger partial charge in [-0.2, -0.15) is 14.7 Å². The summed E-state index contributed by atoms with van der Waals surface area (Å²) in [5.41, 5.74) is 0.997. The summed E-state index contributed by atoms with van der Waals surface area (Å²) in [7, 11) is 1.88. The second-order valence-corrected chi connectivity index (χ2v) is 6.28. The molecule has 1 atom stereocenters. The summed E-state index contributed by atoms with van der Waals surface area (Å²) in [6.45, 7) is 3.95. The average Bonchev–Trinajstić information content (AvgIpc) is 3.05. The number of anilines is 1. The molecule has 0 radical (unpaired) electrons. The van der Waals surface area contributed by atoms with Crippen LogP contribution in [0.5, 0.6) is 0 Å². The average molecular weight is 324 g/mol. The number of nitrogens with zero attached hydrogens (tertiary/aromatic N) is 5. The van der Waals surface area contributed by atoms with E-state index >= 15 is 0 Å². The molecule has 1 aliphatic rings. The number of hydrogen-bond donors (Lipinski definition) is 0. The standard InChI is InChI=1S/C13H14ClN5OS/c1-13(9-6-16-18(2)7-9)8-19(3-4-20-13)12-10(5-15)11(14)17-21-12/h6-7H,3-4,8H2,1-2H3. The van der Waals surface area contributed by atoms with Crippen molar-refractivity contribution in [3.8, 4) is 6.07 Å². The molecule has 0 amide bonds. The van der Waals surface area contributed by atoms with E-state index in [-0.39, 0.29) is 5.15 Å². The first-order valence-electron chi connectivity index (χ1n) is 6.47. The van der Waals surface area contributed by atoms with Crippen LogP contribution in [-0.2, 0) is 17.4 Å². The van der Waals surface area contributed by atoms with Crippen molar-refractivity contribution in [3.05, 3.63) is 28.7 Å². The molecule has 2 aromatic rings. The van der Waals surface area contributed by atoms with Gasteiger partial charge in [0.05, 0.1) is 19.3 Å².